The minimum Gasteiger partial charge on any atom is -0.269 e. The van der Waals surface area contributed by atoms with Crippen molar-refractivity contribution in [1.82, 2.24) is 9.78 Å². The van der Waals surface area contributed by atoms with Crippen LogP contribution in [-0.2, 0) is 13.0 Å². The van der Waals surface area contributed by atoms with Crippen molar-refractivity contribution in [2.45, 2.75) is 26.8 Å². The fourth-order valence-electron chi connectivity index (χ4n) is 1.62. The van der Waals surface area contributed by atoms with E-state index in [1.807, 2.05) is 6.20 Å². The molecule has 2 heterocycles. The van der Waals surface area contributed by atoms with Gasteiger partial charge in [0.1, 0.15) is 0 Å². The molecule has 0 spiro atoms. The van der Waals surface area contributed by atoms with Gasteiger partial charge in [0.05, 0.1) is 6.20 Å². The third kappa shape index (κ3) is 0.681. The summed E-state index contributed by atoms with van der Waals surface area (Å²) in [5.41, 5.74) is 2.79. The molecule has 1 aromatic rings. The van der Waals surface area contributed by atoms with E-state index in [1.54, 1.807) is 0 Å². The Morgan fingerprint density at radius 2 is 2.50 bits per heavy atom. The lowest BCUT2D eigenvalue weighted by Crippen LogP contribution is -1.98. The fraction of sp³-hybridized carbons (Fsp3) is 0.625. The summed E-state index contributed by atoms with van der Waals surface area (Å²) in [4.78, 5) is 0. The van der Waals surface area contributed by atoms with Gasteiger partial charge in [-0.15, -0.1) is 0 Å². The molecule has 0 bridgehead atoms. The van der Waals surface area contributed by atoms with E-state index < -0.39 is 0 Å². The Hall–Kier alpha value is -0.790. The summed E-state index contributed by atoms with van der Waals surface area (Å²) < 4.78 is 2.12. The Kier molecular flexibility index (Phi) is 1.10. The van der Waals surface area contributed by atoms with Gasteiger partial charge in [-0.1, -0.05) is 6.92 Å². The number of hydrogen-bond acceptors (Lipinski definition) is 1. The van der Waals surface area contributed by atoms with Gasteiger partial charge >= 0.3 is 0 Å². The summed E-state index contributed by atoms with van der Waals surface area (Å²) in [5.74, 6) is 0.794. The third-order valence-electron chi connectivity index (χ3n) is 2.18. The highest BCUT2D eigenvalue weighted by Crippen LogP contribution is 2.21. The number of hydrogen-bond donors (Lipinski definition) is 0. The second-order valence-corrected chi connectivity index (χ2v) is 3.27. The quantitative estimate of drug-likeness (QED) is 0.527. The topological polar surface area (TPSA) is 17.8 Å². The predicted molar refractivity (Wildman–Crippen MR) is 39.8 cm³/mol. The zero-order chi connectivity index (χ0) is 7.14. The van der Waals surface area contributed by atoms with Gasteiger partial charge in [-0.3, -0.25) is 4.68 Å². The summed E-state index contributed by atoms with van der Waals surface area (Å²) in [5, 5.41) is 4.26. The molecule has 1 aromatic heterocycles. The van der Waals surface area contributed by atoms with Crippen LogP contribution in [-0.4, -0.2) is 9.78 Å². The van der Waals surface area contributed by atoms with Crippen molar-refractivity contribution >= 4 is 0 Å². The van der Waals surface area contributed by atoms with Crippen LogP contribution in [0.15, 0.2) is 6.20 Å². The number of aryl methyl sites for hydroxylation is 1. The second-order valence-electron chi connectivity index (χ2n) is 3.27. The number of aromatic nitrogens is 2. The van der Waals surface area contributed by atoms with Gasteiger partial charge in [0.2, 0.25) is 0 Å². The maximum Gasteiger partial charge on any atom is 0.0521 e. The molecule has 2 nitrogen and oxygen atoms in total. The molecular weight excluding hydrogens is 124 g/mol. The smallest absolute Gasteiger partial charge is 0.0521 e. The Bertz CT molecular complexity index is 250. The normalized spacial score (nSPS) is 23.2. The van der Waals surface area contributed by atoms with Crippen LogP contribution in [0.25, 0.3) is 0 Å². The maximum atomic E-state index is 4.26. The lowest BCUT2D eigenvalue weighted by molar-refractivity contribution is 0.529. The van der Waals surface area contributed by atoms with E-state index in [2.05, 4.69) is 23.6 Å². The van der Waals surface area contributed by atoms with Crippen molar-refractivity contribution in [1.29, 1.82) is 0 Å². The highest BCUT2D eigenvalue weighted by Gasteiger charge is 2.19. The zero-order valence-electron chi connectivity index (χ0n) is 6.46. The number of rotatable bonds is 0. The molecule has 1 unspecified atom stereocenters. The van der Waals surface area contributed by atoms with Crippen molar-refractivity contribution in [3.63, 3.8) is 0 Å². The minimum absolute atomic E-state index is 0.794. The first-order chi connectivity index (χ1) is 4.77. The van der Waals surface area contributed by atoms with Crippen LogP contribution < -0.4 is 0 Å². The summed E-state index contributed by atoms with van der Waals surface area (Å²) >= 11 is 0. The lowest BCUT2D eigenvalue weighted by Gasteiger charge is -1.94. The Morgan fingerprint density at radius 3 is 3.20 bits per heavy atom. The van der Waals surface area contributed by atoms with Crippen LogP contribution in [0, 0.1) is 12.8 Å². The molecule has 10 heavy (non-hydrogen) atoms. The molecular formula is C8H12N2. The maximum absolute atomic E-state index is 4.26. The minimum atomic E-state index is 0.794. The SMILES string of the molecule is Cc1cnn2c1CC(C)C2. The Labute approximate surface area is 60.9 Å². The van der Waals surface area contributed by atoms with Crippen LogP contribution in [0.5, 0.6) is 0 Å². The monoisotopic (exact) mass is 136 g/mol. The lowest BCUT2D eigenvalue weighted by atomic mass is 10.1. The summed E-state index contributed by atoms with van der Waals surface area (Å²) in [6, 6.07) is 0. The zero-order valence-corrected chi connectivity index (χ0v) is 6.46. The summed E-state index contributed by atoms with van der Waals surface area (Å²) in [6.07, 6.45) is 3.17. The first kappa shape index (κ1) is 5.96. The van der Waals surface area contributed by atoms with Crippen LogP contribution in [0.1, 0.15) is 18.2 Å². The molecule has 2 heteroatoms. The van der Waals surface area contributed by atoms with E-state index in [4.69, 9.17) is 0 Å². The highest BCUT2D eigenvalue weighted by molar-refractivity contribution is 5.18. The predicted octanol–water partition coefficient (Wildman–Crippen LogP) is 1.38. The largest absolute Gasteiger partial charge is 0.269 e. The molecule has 1 atom stereocenters. The molecule has 0 saturated carbocycles. The summed E-state index contributed by atoms with van der Waals surface area (Å²) in [7, 11) is 0. The van der Waals surface area contributed by atoms with Crippen molar-refractivity contribution in [3.8, 4) is 0 Å². The fourth-order valence-corrected chi connectivity index (χ4v) is 1.62. The van der Waals surface area contributed by atoms with E-state index in [0.29, 0.717) is 0 Å². The van der Waals surface area contributed by atoms with E-state index in [1.165, 1.54) is 17.7 Å². The molecule has 0 aromatic carbocycles. The first-order valence-electron chi connectivity index (χ1n) is 3.78. The molecule has 1 aliphatic rings. The Morgan fingerprint density at radius 1 is 1.70 bits per heavy atom. The van der Waals surface area contributed by atoms with Crippen LogP contribution >= 0.6 is 0 Å². The standard InChI is InChI=1S/C8H12N2/c1-6-3-8-7(2)4-9-10(8)5-6/h4,6H,3,5H2,1-2H3. The third-order valence-corrected chi connectivity index (χ3v) is 2.18. The molecule has 54 valence electrons. The van der Waals surface area contributed by atoms with E-state index >= 15 is 0 Å². The number of nitrogens with zero attached hydrogens (tertiary/aromatic N) is 2. The summed E-state index contributed by atoms with van der Waals surface area (Å²) in [6.45, 7) is 5.52. The van der Waals surface area contributed by atoms with E-state index in [-0.39, 0.29) is 0 Å². The average Bonchev–Trinajstić information content (AvgIpc) is 2.35. The molecule has 0 amide bonds. The van der Waals surface area contributed by atoms with Crippen molar-refractivity contribution in [3.05, 3.63) is 17.5 Å². The number of fused-ring (bicyclic) bond motifs is 1. The second kappa shape index (κ2) is 1.84. The van der Waals surface area contributed by atoms with Gasteiger partial charge in [0.15, 0.2) is 0 Å². The van der Waals surface area contributed by atoms with Gasteiger partial charge < -0.3 is 0 Å². The molecule has 0 radical (unpaired) electrons. The van der Waals surface area contributed by atoms with E-state index in [0.717, 1.165) is 12.5 Å². The molecule has 0 saturated heterocycles. The molecule has 2 rings (SSSR count). The van der Waals surface area contributed by atoms with Crippen molar-refractivity contribution in [2.75, 3.05) is 0 Å². The average molecular weight is 136 g/mol. The first-order valence-corrected chi connectivity index (χ1v) is 3.78. The highest BCUT2D eigenvalue weighted by atomic mass is 15.3. The van der Waals surface area contributed by atoms with Crippen molar-refractivity contribution in [2.24, 2.45) is 5.92 Å². The van der Waals surface area contributed by atoms with Crippen LogP contribution in [0.4, 0.5) is 0 Å². The Balaban J connectivity index is 2.44. The van der Waals surface area contributed by atoms with Gasteiger partial charge in [0.25, 0.3) is 0 Å². The van der Waals surface area contributed by atoms with Gasteiger partial charge in [-0.2, -0.15) is 5.10 Å². The van der Waals surface area contributed by atoms with Gasteiger partial charge in [0, 0.05) is 12.2 Å². The van der Waals surface area contributed by atoms with Gasteiger partial charge in [-0.05, 0) is 24.8 Å². The van der Waals surface area contributed by atoms with Crippen LogP contribution in [0.2, 0.25) is 0 Å². The molecule has 0 N–H and O–H groups in total. The van der Waals surface area contributed by atoms with Gasteiger partial charge in [-0.25, -0.2) is 0 Å². The van der Waals surface area contributed by atoms with Crippen LogP contribution in [0.3, 0.4) is 0 Å². The van der Waals surface area contributed by atoms with E-state index in [9.17, 15) is 0 Å². The molecule has 0 aliphatic carbocycles. The molecule has 1 aliphatic heterocycles. The van der Waals surface area contributed by atoms with Crippen molar-refractivity contribution < 1.29 is 0 Å². The molecule has 0 fully saturated rings.